The molecular weight excluding hydrogens is 444 g/mol. The number of nitrogens with one attached hydrogen (secondary N) is 1. The molecule has 0 fully saturated rings. The van der Waals surface area contributed by atoms with Gasteiger partial charge in [-0.15, -0.1) is 10.2 Å². The summed E-state index contributed by atoms with van der Waals surface area (Å²) in [7, 11) is 1.64. The van der Waals surface area contributed by atoms with Crippen LogP contribution in [0.5, 0.6) is 5.75 Å². The minimum atomic E-state index is 0.0596. The van der Waals surface area contributed by atoms with Crippen molar-refractivity contribution in [3.05, 3.63) is 89.6 Å². The number of ether oxygens (including phenoxy) is 1. The van der Waals surface area contributed by atoms with Crippen molar-refractivity contribution >= 4 is 28.4 Å². The average molecular weight is 469 g/mol. The fraction of sp³-hybridized carbons (Fsp3) is 0.148. The van der Waals surface area contributed by atoms with Gasteiger partial charge in [-0.3, -0.25) is 9.36 Å². The van der Waals surface area contributed by atoms with Crippen LogP contribution in [0, 0.1) is 13.8 Å². The molecule has 170 valence electrons. The van der Waals surface area contributed by atoms with Gasteiger partial charge in [0.05, 0.1) is 12.9 Å². The van der Waals surface area contributed by atoms with E-state index in [9.17, 15) is 4.79 Å². The van der Waals surface area contributed by atoms with Gasteiger partial charge in [0.2, 0.25) is 0 Å². The quantitative estimate of drug-likeness (QED) is 0.234. The molecule has 0 spiro atoms. The molecule has 2 heterocycles. The van der Waals surface area contributed by atoms with Crippen molar-refractivity contribution < 1.29 is 9.53 Å². The number of hydrogen-bond donors (Lipinski definition) is 1. The Kier molecular flexibility index (Phi) is 5.94. The van der Waals surface area contributed by atoms with Gasteiger partial charge in [0.1, 0.15) is 5.75 Å². The topological polar surface area (TPSA) is 72.8 Å². The summed E-state index contributed by atoms with van der Waals surface area (Å²) in [5.41, 5.74) is 5.62. The fourth-order valence-electron chi connectivity index (χ4n) is 4.06. The number of para-hydroxylation sites is 1. The van der Waals surface area contributed by atoms with Crippen molar-refractivity contribution in [1.82, 2.24) is 19.7 Å². The van der Waals surface area contributed by atoms with E-state index in [4.69, 9.17) is 4.74 Å². The molecule has 0 aliphatic rings. The van der Waals surface area contributed by atoms with E-state index >= 15 is 0 Å². The number of carbonyl (C=O) groups excluding carboxylic acids is 1. The highest BCUT2D eigenvalue weighted by molar-refractivity contribution is 7.99. The summed E-state index contributed by atoms with van der Waals surface area (Å²) in [5.74, 6) is 1.81. The van der Waals surface area contributed by atoms with Crippen LogP contribution in [0.1, 0.15) is 21.6 Å². The van der Waals surface area contributed by atoms with Gasteiger partial charge in [-0.25, -0.2) is 0 Å². The van der Waals surface area contributed by atoms with Crippen molar-refractivity contribution in [1.29, 1.82) is 0 Å². The number of benzene rings is 3. The van der Waals surface area contributed by atoms with Crippen LogP contribution in [0.15, 0.2) is 78.0 Å². The SMILES string of the molecule is COc1ccc(-c2nnc(SCC(=O)c3c(C)[nH]c4ccccc34)n2-c2ccc(C)cc2)cc1. The van der Waals surface area contributed by atoms with Crippen molar-refractivity contribution in [3.8, 4) is 22.8 Å². The molecule has 0 atom stereocenters. The van der Waals surface area contributed by atoms with Crippen LogP contribution in [0.25, 0.3) is 28.0 Å². The van der Waals surface area contributed by atoms with Crippen molar-refractivity contribution in [2.24, 2.45) is 0 Å². The molecule has 0 aliphatic carbocycles. The molecule has 1 N–H and O–H groups in total. The van der Waals surface area contributed by atoms with Crippen LogP contribution in [0.3, 0.4) is 0 Å². The number of nitrogens with zero attached hydrogens (tertiary/aromatic N) is 3. The Labute approximate surface area is 202 Å². The molecule has 6 nitrogen and oxygen atoms in total. The first-order valence-corrected chi connectivity index (χ1v) is 11.9. The first-order valence-electron chi connectivity index (χ1n) is 11.0. The van der Waals surface area contributed by atoms with Crippen molar-refractivity contribution in [2.75, 3.05) is 12.9 Å². The van der Waals surface area contributed by atoms with Crippen molar-refractivity contribution in [2.45, 2.75) is 19.0 Å². The van der Waals surface area contributed by atoms with Gasteiger partial charge in [0, 0.05) is 33.4 Å². The van der Waals surface area contributed by atoms with E-state index in [-0.39, 0.29) is 11.5 Å². The maximum atomic E-state index is 13.2. The molecule has 2 aromatic heterocycles. The van der Waals surface area contributed by atoms with Crippen LogP contribution in [-0.4, -0.2) is 38.4 Å². The molecular formula is C27H24N4O2S. The Hall–Kier alpha value is -3.84. The van der Waals surface area contributed by atoms with Crippen LogP contribution < -0.4 is 4.74 Å². The molecule has 5 aromatic rings. The Morgan fingerprint density at radius 2 is 1.71 bits per heavy atom. The van der Waals surface area contributed by atoms with E-state index in [0.29, 0.717) is 11.0 Å². The summed E-state index contributed by atoms with van der Waals surface area (Å²) in [6.07, 6.45) is 0. The number of fused-ring (bicyclic) bond motifs is 1. The van der Waals surface area contributed by atoms with Crippen LogP contribution in [0.4, 0.5) is 0 Å². The highest BCUT2D eigenvalue weighted by Gasteiger charge is 2.20. The summed E-state index contributed by atoms with van der Waals surface area (Å²) >= 11 is 1.39. The van der Waals surface area contributed by atoms with Gasteiger partial charge >= 0.3 is 0 Å². The molecule has 0 saturated carbocycles. The molecule has 0 amide bonds. The molecule has 0 aliphatic heterocycles. The number of thioether (sulfide) groups is 1. The summed E-state index contributed by atoms with van der Waals surface area (Å²) in [5, 5.41) is 10.6. The Bertz CT molecular complexity index is 1470. The minimum absolute atomic E-state index is 0.0596. The van der Waals surface area contributed by atoms with Crippen LogP contribution >= 0.6 is 11.8 Å². The van der Waals surface area contributed by atoms with Gasteiger partial charge in [-0.2, -0.15) is 0 Å². The first-order chi connectivity index (χ1) is 16.5. The van der Waals surface area contributed by atoms with Crippen LogP contribution in [0.2, 0.25) is 0 Å². The predicted molar refractivity (Wildman–Crippen MR) is 136 cm³/mol. The second-order valence-electron chi connectivity index (χ2n) is 8.09. The molecule has 3 aromatic carbocycles. The van der Waals surface area contributed by atoms with E-state index in [1.807, 2.05) is 72.2 Å². The lowest BCUT2D eigenvalue weighted by atomic mass is 10.1. The summed E-state index contributed by atoms with van der Waals surface area (Å²) in [6.45, 7) is 3.99. The molecule has 34 heavy (non-hydrogen) atoms. The van der Waals surface area contributed by atoms with Gasteiger partial charge in [-0.1, -0.05) is 47.7 Å². The Morgan fingerprint density at radius 3 is 2.44 bits per heavy atom. The Morgan fingerprint density at radius 1 is 0.971 bits per heavy atom. The number of aromatic nitrogens is 4. The third-order valence-electron chi connectivity index (χ3n) is 5.78. The third kappa shape index (κ3) is 4.10. The monoisotopic (exact) mass is 468 g/mol. The van der Waals surface area contributed by atoms with Gasteiger partial charge < -0.3 is 9.72 Å². The number of H-pyrrole nitrogens is 1. The fourth-order valence-corrected chi connectivity index (χ4v) is 4.88. The molecule has 0 radical (unpaired) electrons. The third-order valence-corrected chi connectivity index (χ3v) is 6.71. The first kappa shape index (κ1) is 22.0. The van der Waals surface area contributed by atoms with E-state index in [0.717, 1.165) is 39.2 Å². The van der Waals surface area contributed by atoms with Crippen molar-refractivity contribution in [3.63, 3.8) is 0 Å². The number of Topliss-reactive ketones (excluding diaryl/α,β-unsaturated/α-hetero) is 1. The van der Waals surface area contributed by atoms with Gasteiger partial charge in [0.25, 0.3) is 0 Å². The summed E-state index contributed by atoms with van der Waals surface area (Å²) in [6, 6.07) is 23.8. The van der Waals surface area contributed by atoms with Crippen LogP contribution in [-0.2, 0) is 0 Å². The smallest absolute Gasteiger partial charge is 0.196 e. The lowest BCUT2D eigenvalue weighted by Gasteiger charge is -2.11. The minimum Gasteiger partial charge on any atom is -0.497 e. The van der Waals surface area contributed by atoms with E-state index in [1.54, 1.807) is 7.11 Å². The summed E-state index contributed by atoms with van der Waals surface area (Å²) in [4.78, 5) is 16.6. The number of rotatable bonds is 7. The second kappa shape index (κ2) is 9.19. The zero-order chi connectivity index (χ0) is 23.7. The standard InChI is InChI=1S/C27H24N4O2S/c1-17-8-12-20(13-9-17)31-26(19-10-14-21(33-3)15-11-19)29-30-27(31)34-16-24(32)25-18(2)28-23-7-5-4-6-22(23)25/h4-15,28H,16H2,1-3H3. The molecule has 7 heteroatoms. The Balaban J connectivity index is 1.49. The lowest BCUT2D eigenvalue weighted by molar-refractivity contribution is 0.102. The zero-order valence-electron chi connectivity index (χ0n) is 19.2. The zero-order valence-corrected chi connectivity index (χ0v) is 20.0. The predicted octanol–water partition coefficient (Wildman–Crippen LogP) is 6.02. The number of aryl methyl sites for hydroxylation is 2. The largest absolute Gasteiger partial charge is 0.497 e. The number of aromatic amines is 1. The maximum absolute atomic E-state index is 13.2. The lowest BCUT2D eigenvalue weighted by Crippen LogP contribution is -2.06. The van der Waals surface area contributed by atoms with E-state index in [1.165, 1.54) is 17.3 Å². The molecule has 0 unspecified atom stereocenters. The van der Waals surface area contributed by atoms with Gasteiger partial charge in [0.15, 0.2) is 16.8 Å². The second-order valence-corrected chi connectivity index (χ2v) is 9.03. The number of ketones is 1. The number of hydrogen-bond acceptors (Lipinski definition) is 5. The average Bonchev–Trinajstić information content (AvgIpc) is 3.43. The number of carbonyl (C=O) groups is 1. The summed E-state index contributed by atoms with van der Waals surface area (Å²) < 4.78 is 7.29. The molecule has 0 saturated heterocycles. The van der Waals surface area contributed by atoms with Gasteiger partial charge in [-0.05, 0) is 56.3 Å². The van der Waals surface area contributed by atoms with E-state index < -0.39 is 0 Å². The molecule has 0 bridgehead atoms. The maximum Gasteiger partial charge on any atom is 0.196 e. The number of methoxy groups -OCH3 is 1. The highest BCUT2D eigenvalue weighted by Crippen LogP contribution is 2.30. The van der Waals surface area contributed by atoms with E-state index in [2.05, 4.69) is 34.2 Å². The molecule has 5 rings (SSSR count). The normalized spacial score (nSPS) is 11.1. The highest BCUT2D eigenvalue weighted by atomic mass is 32.2.